The van der Waals surface area contributed by atoms with Gasteiger partial charge in [0.25, 0.3) is 6.47 Å². The molecule has 8 bridgehead atoms. The minimum Gasteiger partial charge on any atom is -0.481 e. The minimum atomic E-state index is -0.918. The van der Waals surface area contributed by atoms with Gasteiger partial charge < -0.3 is 19.8 Å². The third-order valence-corrected chi connectivity index (χ3v) is 10.1. The molecule has 5 atom stereocenters. The zero-order chi connectivity index (χ0) is 32.3. The second-order valence-corrected chi connectivity index (χ2v) is 12.6. The molecule has 3 aliphatic rings. The standard InChI is InChI=1S/C35H38N4O6/c1-7-20-15(2)23-12-28-30(19(6)41)17(4)25(37-28)10-24-16(3)21(8-9-29(42)43)33(38-24)32-22(13-45-14-40)35(44)31-18(5)26(39-34(31)32)11-27(20)36-23/h10-12,14-16,20-22,37,39H,7-9,13H2,1-6H3,(H,42,43)/t15?,16?,20-,21+,22?/m1/s1. The highest BCUT2D eigenvalue weighted by molar-refractivity contribution is 6.16. The normalized spacial score (nSPS) is 22.1. The van der Waals surface area contributed by atoms with Crippen LogP contribution < -0.4 is 0 Å². The first-order valence-corrected chi connectivity index (χ1v) is 15.6. The maximum atomic E-state index is 14.0. The van der Waals surface area contributed by atoms with E-state index in [-0.39, 0.29) is 48.3 Å². The second kappa shape index (κ2) is 11.4. The predicted molar refractivity (Wildman–Crippen MR) is 169 cm³/mol. The molecule has 0 amide bonds. The Bertz CT molecular complexity index is 1940. The summed E-state index contributed by atoms with van der Waals surface area (Å²) in [6, 6.07) is 5.91. The molecule has 0 fully saturated rings. The molecule has 0 saturated carbocycles. The number of nitrogens with zero attached hydrogens (tertiary/aromatic N) is 2. The summed E-state index contributed by atoms with van der Waals surface area (Å²) in [5.74, 6) is -2.16. The van der Waals surface area contributed by atoms with Crippen molar-refractivity contribution in [3.63, 3.8) is 0 Å². The van der Waals surface area contributed by atoms with Crippen LogP contribution in [0.2, 0.25) is 0 Å². The summed E-state index contributed by atoms with van der Waals surface area (Å²) in [4.78, 5) is 67.1. The SMILES string of the molecule is CC[C@H]1c2cc3[nH]c4c(c3C)C(=O)C(COC=O)c4c3nc(cc4[nH]c(cc(n2)C1C)c(C(C)=O)c4C)C(C)[C@@H]3CCC(=O)O. The molecule has 2 aliphatic heterocycles. The number of hydrogen-bond acceptors (Lipinski definition) is 7. The zero-order valence-electron chi connectivity index (χ0n) is 26.4. The second-order valence-electron chi connectivity index (χ2n) is 12.6. The Morgan fingerprint density at radius 2 is 1.60 bits per heavy atom. The molecule has 1 aliphatic carbocycles. The van der Waals surface area contributed by atoms with Crippen LogP contribution >= 0.6 is 0 Å². The highest BCUT2D eigenvalue weighted by Gasteiger charge is 2.42. The van der Waals surface area contributed by atoms with Gasteiger partial charge in [-0.2, -0.15) is 0 Å². The van der Waals surface area contributed by atoms with Crippen LogP contribution in [0.5, 0.6) is 0 Å². The number of ketones is 2. The van der Waals surface area contributed by atoms with E-state index < -0.39 is 11.9 Å². The lowest BCUT2D eigenvalue weighted by Crippen LogP contribution is -2.16. The van der Waals surface area contributed by atoms with E-state index in [1.165, 1.54) is 0 Å². The van der Waals surface area contributed by atoms with Gasteiger partial charge in [-0.3, -0.25) is 29.1 Å². The van der Waals surface area contributed by atoms with E-state index in [1.807, 2.05) is 39.0 Å². The fraction of sp³-hybridized carbons (Fsp3) is 0.429. The number of rotatable bonds is 8. The molecule has 3 aromatic rings. The van der Waals surface area contributed by atoms with Gasteiger partial charge in [-0.05, 0) is 62.9 Å². The number of fused-ring (bicyclic) bond motifs is 8. The number of carbonyl (C=O) groups excluding carboxylic acids is 3. The molecule has 0 aromatic carbocycles. The first-order valence-electron chi connectivity index (χ1n) is 15.6. The van der Waals surface area contributed by atoms with Crippen molar-refractivity contribution in [1.29, 1.82) is 0 Å². The highest BCUT2D eigenvalue weighted by Crippen LogP contribution is 2.48. The Morgan fingerprint density at radius 1 is 0.956 bits per heavy atom. The number of aliphatic carboxylic acids is 1. The van der Waals surface area contributed by atoms with E-state index >= 15 is 0 Å². The third-order valence-electron chi connectivity index (χ3n) is 10.1. The summed E-state index contributed by atoms with van der Waals surface area (Å²) < 4.78 is 5.17. The van der Waals surface area contributed by atoms with Crippen molar-refractivity contribution in [2.24, 2.45) is 0 Å². The van der Waals surface area contributed by atoms with Gasteiger partial charge in [-0.1, -0.05) is 20.8 Å². The number of aromatic amines is 2. The van der Waals surface area contributed by atoms with Gasteiger partial charge in [0.1, 0.15) is 6.61 Å². The summed E-state index contributed by atoms with van der Waals surface area (Å²) in [6.45, 7) is 11.8. The van der Waals surface area contributed by atoms with Gasteiger partial charge in [-0.15, -0.1) is 0 Å². The van der Waals surface area contributed by atoms with E-state index in [1.54, 1.807) is 6.92 Å². The average molecular weight is 611 g/mol. The van der Waals surface area contributed by atoms with Gasteiger partial charge in [0.15, 0.2) is 11.6 Å². The van der Waals surface area contributed by atoms with E-state index in [0.717, 1.165) is 40.0 Å². The molecule has 234 valence electrons. The number of ether oxygens (including phenoxy) is 1. The fourth-order valence-corrected chi connectivity index (χ4v) is 7.65. The molecule has 10 heteroatoms. The van der Waals surface area contributed by atoms with Gasteiger partial charge in [0, 0.05) is 74.9 Å². The van der Waals surface area contributed by atoms with E-state index in [0.29, 0.717) is 52.0 Å². The molecule has 0 spiro atoms. The van der Waals surface area contributed by atoms with Crippen LogP contribution in [0.3, 0.4) is 0 Å². The number of carboxylic acid groups (broad SMARTS) is 1. The van der Waals surface area contributed by atoms with Crippen LogP contribution in [0.25, 0.3) is 22.1 Å². The molecule has 6 rings (SSSR count). The number of nitrogens with one attached hydrogen (secondary N) is 2. The Kier molecular flexibility index (Phi) is 7.71. The maximum Gasteiger partial charge on any atom is 0.303 e. The first kappa shape index (κ1) is 30.4. The lowest BCUT2D eigenvalue weighted by Gasteiger charge is -2.18. The molecule has 3 unspecified atom stereocenters. The lowest BCUT2D eigenvalue weighted by molar-refractivity contribution is -0.137. The molecular weight excluding hydrogens is 572 g/mol. The van der Waals surface area contributed by atoms with E-state index in [9.17, 15) is 24.3 Å². The van der Waals surface area contributed by atoms with E-state index in [2.05, 4.69) is 23.8 Å². The minimum absolute atomic E-state index is 0.0607. The molecule has 3 aromatic heterocycles. The largest absolute Gasteiger partial charge is 0.481 e. The molecule has 10 nitrogen and oxygen atoms in total. The number of carboxylic acids is 1. The van der Waals surface area contributed by atoms with Crippen LogP contribution in [0.15, 0.2) is 18.2 Å². The van der Waals surface area contributed by atoms with Crippen molar-refractivity contribution >= 4 is 46.1 Å². The highest BCUT2D eigenvalue weighted by atomic mass is 16.5. The van der Waals surface area contributed by atoms with Crippen molar-refractivity contribution in [2.45, 2.75) is 90.4 Å². The van der Waals surface area contributed by atoms with Crippen LogP contribution in [0.1, 0.15) is 137 Å². The zero-order valence-corrected chi connectivity index (χ0v) is 26.4. The van der Waals surface area contributed by atoms with Crippen molar-refractivity contribution in [3.8, 4) is 0 Å². The smallest absolute Gasteiger partial charge is 0.303 e. The quantitative estimate of drug-likeness (QED) is 0.189. The van der Waals surface area contributed by atoms with Crippen LogP contribution in [-0.2, 0) is 14.3 Å². The van der Waals surface area contributed by atoms with Gasteiger partial charge in [0.2, 0.25) is 0 Å². The van der Waals surface area contributed by atoms with Crippen LogP contribution in [0, 0.1) is 13.8 Å². The predicted octanol–water partition coefficient (Wildman–Crippen LogP) is 6.64. The summed E-state index contributed by atoms with van der Waals surface area (Å²) in [7, 11) is 0. The summed E-state index contributed by atoms with van der Waals surface area (Å²) >= 11 is 0. The monoisotopic (exact) mass is 610 g/mol. The number of aromatic nitrogens is 4. The molecule has 45 heavy (non-hydrogen) atoms. The summed E-state index contributed by atoms with van der Waals surface area (Å²) in [5.41, 5.74) is 9.29. The Morgan fingerprint density at radius 3 is 2.27 bits per heavy atom. The summed E-state index contributed by atoms with van der Waals surface area (Å²) in [6.07, 6.45) is 1.10. The van der Waals surface area contributed by atoms with Crippen LogP contribution in [0.4, 0.5) is 0 Å². The Hall–Kier alpha value is -4.60. The maximum absolute atomic E-state index is 14.0. The van der Waals surface area contributed by atoms with Crippen molar-refractivity contribution in [3.05, 3.63) is 68.8 Å². The van der Waals surface area contributed by atoms with Gasteiger partial charge in [0.05, 0.1) is 22.6 Å². The topological polar surface area (TPSA) is 155 Å². The average Bonchev–Trinajstić information content (AvgIpc) is 3.72. The van der Waals surface area contributed by atoms with Gasteiger partial charge >= 0.3 is 5.97 Å². The molecule has 3 N–H and O–H groups in total. The number of H-pyrrole nitrogens is 2. The van der Waals surface area contributed by atoms with E-state index in [4.69, 9.17) is 14.7 Å². The fourth-order valence-electron chi connectivity index (χ4n) is 7.65. The Balaban J connectivity index is 1.78. The molecule has 0 saturated heterocycles. The first-order chi connectivity index (χ1) is 21.5. The third kappa shape index (κ3) is 4.87. The molecule has 5 heterocycles. The van der Waals surface area contributed by atoms with Crippen molar-refractivity contribution in [2.75, 3.05) is 6.61 Å². The van der Waals surface area contributed by atoms with Crippen molar-refractivity contribution < 1.29 is 29.0 Å². The number of carbonyl (C=O) groups is 4. The van der Waals surface area contributed by atoms with Gasteiger partial charge in [-0.25, -0.2) is 0 Å². The number of aryl methyl sites for hydroxylation is 2. The lowest BCUT2D eigenvalue weighted by atomic mass is 9.84. The molecule has 0 radical (unpaired) electrons. The number of Topliss-reactive ketones (excluding diaryl/α,β-unsaturated/α-hetero) is 2. The summed E-state index contributed by atoms with van der Waals surface area (Å²) in [5, 5.41) is 9.61. The Labute approximate surface area is 260 Å². The van der Waals surface area contributed by atoms with Crippen LogP contribution in [-0.4, -0.2) is 55.7 Å². The molecular formula is C35H38N4O6. The number of hydrogen-bond donors (Lipinski definition) is 3. The van der Waals surface area contributed by atoms with Crippen molar-refractivity contribution in [1.82, 2.24) is 19.9 Å².